The first-order valence-corrected chi connectivity index (χ1v) is 11.1. The van der Waals surface area contributed by atoms with Crippen LogP contribution in [0.2, 0.25) is 0 Å². The lowest BCUT2D eigenvalue weighted by atomic mass is 9.84. The third-order valence-corrected chi connectivity index (χ3v) is 5.86. The summed E-state index contributed by atoms with van der Waals surface area (Å²) < 4.78 is 17.4. The summed E-state index contributed by atoms with van der Waals surface area (Å²) in [6.45, 7) is 1.87. The van der Waals surface area contributed by atoms with Crippen molar-refractivity contribution in [2.75, 3.05) is 32.8 Å². The maximum Gasteiger partial charge on any atom is 0.173 e. The van der Waals surface area contributed by atoms with E-state index in [0.717, 1.165) is 19.4 Å². The quantitative estimate of drug-likeness (QED) is 0.128. The molecule has 0 bridgehead atoms. The van der Waals surface area contributed by atoms with Gasteiger partial charge in [0, 0.05) is 25.2 Å². The molecule has 10 atom stereocenters. The second-order valence-corrected chi connectivity index (χ2v) is 8.55. The van der Waals surface area contributed by atoms with Gasteiger partial charge < -0.3 is 63.5 Å². The molecule has 2 rings (SSSR count). The molecular weight excluding hydrogens is 408 g/mol. The molecule has 184 valence electrons. The Labute approximate surface area is 183 Å². The molecule has 1 saturated heterocycles. The Hall–Kier alpha value is -0.480. The van der Waals surface area contributed by atoms with E-state index >= 15 is 0 Å². The van der Waals surface area contributed by atoms with Crippen LogP contribution in [0.4, 0.5) is 0 Å². The normalized spacial score (nSPS) is 40.1. The van der Waals surface area contributed by atoms with Crippen molar-refractivity contribution in [3.8, 4) is 0 Å². The molecule has 1 saturated carbocycles. The molecule has 14 N–H and O–H groups in total. The van der Waals surface area contributed by atoms with Crippen molar-refractivity contribution < 1.29 is 29.5 Å². The average Bonchev–Trinajstić information content (AvgIpc) is 2.72. The van der Waals surface area contributed by atoms with Crippen LogP contribution in [0.25, 0.3) is 0 Å². The van der Waals surface area contributed by atoms with Gasteiger partial charge in [-0.2, -0.15) is 0 Å². The topological polar surface area (TPSA) is 231 Å². The Balaban J connectivity index is 1.87. The Morgan fingerprint density at radius 1 is 1.00 bits per heavy atom. The molecule has 0 aromatic carbocycles. The van der Waals surface area contributed by atoms with E-state index in [4.69, 9.17) is 42.9 Å². The fourth-order valence-corrected chi connectivity index (χ4v) is 4.03. The van der Waals surface area contributed by atoms with Crippen LogP contribution in [0, 0.1) is 0 Å². The molecule has 1 unspecified atom stereocenters. The van der Waals surface area contributed by atoms with Crippen LogP contribution in [0.3, 0.4) is 0 Å². The van der Waals surface area contributed by atoms with Gasteiger partial charge in [0.15, 0.2) is 6.29 Å². The SMILES string of the molecule is NCCCCNCC(O)CO[C@@H]1[C@@H](O)[C@H](O[C@H]2O[C@H](CN)[C@@H](O)C[C@H]2N)[C@@H](N)C[C@H]1N. The monoisotopic (exact) mass is 450 g/mol. The van der Waals surface area contributed by atoms with E-state index in [1.54, 1.807) is 0 Å². The predicted octanol–water partition coefficient (Wildman–Crippen LogP) is -4.37. The molecule has 0 aromatic rings. The van der Waals surface area contributed by atoms with Gasteiger partial charge in [0.1, 0.15) is 18.3 Å². The summed E-state index contributed by atoms with van der Waals surface area (Å²) in [5.41, 5.74) is 29.5. The first kappa shape index (κ1) is 26.8. The molecule has 31 heavy (non-hydrogen) atoms. The van der Waals surface area contributed by atoms with E-state index < -0.39 is 61.0 Å². The highest BCUT2D eigenvalue weighted by Gasteiger charge is 2.46. The number of unbranched alkanes of at least 4 members (excludes halogenated alkanes) is 1. The van der Waals surface area contributed by atoms with E-state index in [1.165, 1.54) is 0 Å². The van der Waals surface area contributed by atoms with Gasteiger partial charge in [-0.3, -0.25) is 0 Å². The highest BCUT2D eigenvalue weighted by Crippen LogP contribution is 2.28. The number of aliphatic hydroxyl groups excluding tert-OH is 3. The lowest BCUT2D eigenvalue weighted by Gasteiger charge is -2.45. The molecule has 0 spiro atoms. The molecule has 0 aromatic heterocycles. The van der Waals surface area contributed by atoms with Gasteiger partial charge in [-0.1, -0.05) is 0 Å². The Bertz CT molecular complexity index is 509. The van der Waals surface area contributed by atoms with Gasteiger partial charge in [-0.05, 0) is 38.8 Å². The van der Waals surface area contributed by atoms with E-state index in [9.17, 15) is 15.3 Å². The van der Waals surface area contributed by atoms with Gasteiger partial charge in [-0.25, -0.2) is 0 Å². The molecule has 12 heteroatoms. The number of rotatable bonds is 12. The van der Waals surface area contributed by atoms with Crippen LogP contribution in [0.1, 0.15) is 25.7 Å². The minimum Gasteiger partial charge on any atom is -0.390 e. The summed E-state index contributed by atoms with van der Waals surface area (Å²) in [5.74, 6) is 0. The van der Waals surface area contributed by atoms with Gasteiger partial charge in [0.2, 0.25) is 0 Å². The van der Waals surface area contributed by atoms with Crippen molar-refractivity contribution in [2.45, 2.75) is 86.7 Å². The van der Waals surface area contributed by atoms with Crippen LogP contribution in [-0.4, -0.2) is 109 Å². The highest BCUT2D eigenvalue weighted by atomic mass is 16.7. The van der Waals surface area contributed by atoms with Crippen molar-refractivity contribution in [3.63, 3.8) is 0 Å². The Kier molecular flexibility index (Phi) is 11.5. The highest BCUT2D eigenvalue weighted by molar-refractivity contribution is 4.99. The summed E-state index contributed by atoms with van der Waals surface area (Å²) >= 11 is 0. The third-order valence-electron chi connectivity index (χ3n) is 5.86. The molecule has 0 radical (unpaired) electrons. The second kappa shape index (κ2) is 13.3. The molecule has 2 fully saturated rings. The van der Waals surface area contributed by atoms with E-state index in [2.05, 4.69) is 5.32 Å². The smallest absolute Gasteiger partial charge is 0.173 e. The van der Waals surface area contributed by atoms with Gasteiger partial charge >= 0.3 is 0 Å². The largest absolute Gasteiger partial charge is 0.390 e. The first-order chi connectivity index (χ1) is 14.8. The van der Waals surface area contributed by atoms with E-state index in [0.29, 0.717) is 19.5 Å². The Morgan fingerprint density at radius 2 is 1.71 bits per heavy atom. The molecule has 2 aliphatic rings. The fraction of sp³-hybridized carbons (Fsp3) is 1.00. The molecule has 1 heterocycles. The maximum absolute atomic E-state index is 10.9. The summed E-state index contributed by atoms with van der Waals surface area (Å²) in [4.78, 5) is 0. The minimum absolute atomic E-state index is 0.00214. The number of nitrogens with one attached hydrogen (secondary N) is 1. The standard InChI is InChI=1S/C19H42N6O6/c20-3-1-2-4-25-8-10(26)9-29-17-11(22)5-12(23)18(16(17)28)31-19-13(24)6-14(27)15(7-21)30-19/h10-19,25-28H,1-9,20-24H2/t10?,11-,12+,13-,14+,15-,16-,17+,18-,19-/m1/s1. The van der Waals surface area contributed by atoms with Crippen LogP contribution in [0.15, 0.2) is 0 Å². The third kappa shape index (κ3) is 7.81. The predicted molar refractivity (Wildman–Crippen MR) is 115 cm³/mol. The maximum atomic E-state index is 10.9. The zero-order valence-corrected chi connectivity index (χ0v) is 18.1. The van der Waals surface area contributed by atoms with Gasteiger partial charge in [0.05, 0.1) is 31.0 Å². The van der Waals surface area contributed by atoms with Crippen LogP contribution in [-0.2, 0) is 14.2 Å². The second-order valence-electron chi connectivity index (χ2n) is 8.55. The van der Waals surface area contributed by atoms with Crippen molar-refractivity contribution in [1.29, 1.82) is 0 Å². The number of nitrogens with two attached hydrogens (primary N) is 5. The zero-order chi connectivity index (χ0) is 23.0. The summed E-state index contributed by atoms with van der Waals surface area (Å²) in [6.07, 6.45) is -3.29. The number of ether oxygens (including phenoxy) is 3. The van der Waals surface area contributed by atoms with Crippen LogP contribution in [0.5, 0.6) is 0 Å². The Morgan fingerprint density at radius 3 is 2.39 bits per heavy atom. The molecule has 12 nitrogen and oxygen atoms in total. The molecule has 0 amide bonds. The number of hydrogen-bond donors (Lipinski definition) is 9. The van der Waals surface area contributed by atoms with Crippen LogP contribution < -0.4 is 34.0 Å². The van der Waals surface area contributed by atoms with E-state index in [1.807, 2.05) is 0 Å². The minimum atomic E-state index is -1.14. The molecular formula is C19H42N6O6. The van der Waals surface area contributed by atoms with E-state index in [-0.39, 0.29) is 19.6 Å². The molecule has 1 aliphatic carbocycles. The zero-order valence-electron chi connectivity index (χ0n) is 18.1. The number of aliphatic hydroxyl groups is 3. The van der Waals surface area contributed by atoms with Crippen molar-refractivity contribution in [2.24, 2.45) is 28.7 Å². The van der Waals surface area contributed by atoms with Crippen molar-refractivity contribution in [3.05, 3.63) is 0 Å². The average molecular weight is 451 g/mol. The lowest BCUT2D eigenvalue weighted by Crippen LogP contribution is -2.65. The first-order valence-electron chi connectivity index (χ1n) is 11.1. The van der Waals surface area contributed by atoms with Gasteiger partial charge in [-0.15, -0.1) is 0 Å². The lowest BCUT2D eigenvalue weighted by molar-refractivity contribution is -0.270. The fourth-order valence-electron chi connectivity index (χ4n) is 4.03. The number of hydrogen-bond acceptors (Lipinski definition) is 12. The van der Waals surface area contributed by atoms with Crippen molar-refractivity contribution in [1.82, 2.24) is 5.32 Å². The summed E-state index contributed by atoms with van der Waals surface area (Å²) in [6, 6.07) is -1.67. The van der Waals surface area contributed by atoms with Crippen molar-refractivity contribution >= 4 is 0 Å². The molecule has 1 aliphatic heterocycles. The van der Waals surface area contributed by atoms with Crippen LogP contribution >= 0.6 is 0 Å². The van der Waals surface area contributed by atoms with Gasteiger partial charge in [0.25, 0.3) is 0 Å². The summed E-state index contributed by atoms with van der Waals surface area (Å²) in [7, 11) is 0. The summed E-state index contributed by atoms with van der Waals surface area (Å²) in [5, 5.41) is 34.1.